The minimum atomic E-state index is -0.305. The highest BCUT2D eigenvalue weighted by Gasteiger charge is 2.28. The first-order chi connectivity index (χ1) is 12.1. The molecule has 0 aliphatic carbocycles. The van der Waals surface area contributed by atoms with Crippen LogP contribution in [0.3, 0.4) is 0 Å². The fourth-order valence-electron chi connectivity index (χ4n) is 3.35. The molecule has 1 unspecified atom stereocenters. The molecule has 4 nitrogen and oxygen atoms in total. The second-order valence-electron chi connectivity index (χ2n) is 6.32. The van der Waals surface area contributed by atoms with Crippen molar-refractivity contribution in [2.45, 2.75) is 26.3 Å². The van der Waals surface area contributed by atoms with E-state index in [0.717, 1.165) is 12.2 Å². The fraction of sp³-hybridized carbons (Fsp3) is 0.200. The highest BCUT2D eigenvalue weighted by Crippen LogP contribution is 2.37. The van der Waals surface area contributed by atoms with Crippen LogP contribution in [-0.4, -0.2) is 16.0 Å². The Morgan fingerprint density at radius 3 is 2.68 bits per heavy atom. The van der Waals surface area contributed by atoms with Gasteiger partial charge in [-0.15, -0.1) is 0 Å². The Morgan fingerprint density at radius 2 is 1.84 bits per heavy atom. The van der Waals surface area contributed by atoms with E-state index in [1.807, 2.05) is 19.1 Å². The molecule has 1 N–H and O–H groups in total. The summed E-state index contributed by atoms with van der Waals surface area (Å²) in [7, 11) is 0. The topological polar surface area (TPSA) is 41.1 Å². The normalized spacial score (nSPS) is 16.0. The summed E-state index contributed by atoms with van der Waals surface area (Å²) in [5, 5.41) is 3.06. The third-order valence-corrected chi connectivity index (χ3v) is 4.42. The van der Waals surface area contributed by atoms with Gasteiger partial charge in [0.1, 0.15) is 23.3 Å². The first-order valence-corrected chi connectivity index (χ1v) is 8.36. The van der Waals surface area contributed by atoms with Crippen LogP contribution in [-0.2, 0) is 6.42 Å². The maximum Gasteiger partial charge on any atom is 0.146 e. The number of nitrogens with one attached hydrogen (secondary N) is 1. The molecule has 0 amide bonds. The monoisotopic (exact) mass is 334 g/mol. The number of benzene rings is 2. The van der Waals surface area contributed by atoms with E-state index in [9.17, 15) is 4.39 Å². The van der Waals surface area contributed by atoms with Gasteiger partial charge in [0, 0.05) is 17.8 Å². The van der Waals surface area contributed by atoms with Gasteiger partial charge >= 0.3 is 0 Å². The molecule has 0 radical (unpaired) electrons. The quantitative estimate of drug-likeness (QED) is 0.750. The average Bonchev–Trinajstić information content (AvgIpc) is 2.92. The van der Waals surface area contributed by atoms with Crippen LogP contribution in [0.15, 0.2) is 54.6 Å². The third-order valence-electron chi connectivity index (χ3n) is 4.42. The molecule has 0 saturated carbocycles. The van der Waals surface area contributed by atoms with Gasteiger partial charge < -0.3 is 10.2 Å². The smallest absolute Gasteiger partial charge is 0.146 e. The highest BCUT2D eigenvalue weighted by atomic mass is 19.1. The number of hydrogen-bond acceptors (Lipinski definition) is 4. The predicted octanol–water partition coefficient (Wildman–Crippen LogP) is 4.75. The van der Waals surface area contributed by atoms with E-state index < -0.39 is 0 Å². The van der Waals surface area contributed by atoms with Gasteiger partial charge in [0.2, 0.25) is 0 Å². The zero-order valence-electron chi connectivity index (χ0n) is 14.2. The summed E-state index contributed by atoms with van der Waals surface area (Å²) in [5.74, 6) is 1.75. The van der Waals surface area contributed by atoms with E-state index in [1.54, 1.807) is 18.2 Å². The molecule has 1 aliphatic heterocycles. The van der Waals surface area contributed by atoms with Crippen molar-refractivity contribution in [2.24, 2.45) is 0 Å². The summed E-state index contributed by atoms with van der Waals surface area (Å²) < 4.78 is 13.9. The van der Waals surface area contributed by atoms with Crippen molar-refractivity contribution < 1.29 is 4.39 Å². The Labute approximate surface area is 146 Å². The molecule has 5 heteroatoms. The standard InChI is InChI=1S/C20H19FN4/c1-13-11-15-7-3-6-10-18(15)25(13)20-12-19(22-14(2)23-20)24-17-9-5-4-8-16(17)21/h3-10,12-13H,11H2,1-2H3,(H,22,23,24). The van der Waals surface area contributed by atoms with E-state index in [-0.39, 0.29) is 5.82 Å². The summed E-state index contributed by atoms with van der Waals surface area (Å²) in [6.07, 6.45) is 0.981. The van der Waals surface area contributed by atoms with Crippen LogP contribution in [0, 0.1) is 12.7 Å². The van der Waals surface area contributed by atoms with Crippen LogP contribution in [0.5, 0.6) is 0 Å². The lowest BCUT2D eigenvalue weighted by molar-refractivity contribution is 0.631. The molecule has 1 atom stereocenters. The Bertz CT molecular complexity index is 925. The second-order valence-corrected chi connectivity index (χ2v) is 6.32. The lowest BCUT2D eigenvalue weighted by atomic mass is 10.1. The second kappa shape index (κ2) is 6.16. The van der Waals surface area contributed by atoms with Crippen molar-refractivity contribution in [1.29, 1.82) is 0 Å². The van der Waals surface area contributed by atoms with E-state index in [0.29, 0.717) is 23.4 Å². The van der Waals surface area contributed by atoms with Crippen molar-refractivity contribution in [1.82, 2.24) is 9.97 Å². The number of rotatable bonds is 3. The highest BCUT2D eigenvalue weighted by molar-refractivity contribution is 5.71. The number of halogens is 1. The molecule has 0 saturated heterocycles. The lowest BCUT2D eigenvalue weighted by Gasteiger charge is -2.24. The summed E-state index contributed by atoms with van der Waals surface area (Å²) >= 11 is 0. The Kier molecular flexibility index (Phi) is 3.84. The van der Waals surface area contributed by atoms with E-state index in [1.165, 1.54) is 17.3 Å². The molecule has 2 heterocycles. The molecule has 0 bridgehead atoms. The van der Waals surface area contributed by atoms with Crippen molar-refractivity contribution >= 4 is 23.0 Å². The van der Waals surface area contributed by atoms with Crippen LogP contribution in [0.4, 0.5) is 27.4 Å². The Balaban J connectivity index is 1.72. The van der Waals surface area contributed by atoms with Crippen molar-refractivity contribution in [3.05, 3.63) is 71.8 Å². The van der Waals surface area contributed by atoms with Crippen LogP contribution < -0.4 is 10.2 Å². The molecular weight excluding hydrogens is 315 g/mol. The molecule has 25 heavy (non-hydrogen) atoms. The van der Waals surface area contributed by atoms with E-state index in [4.69, 9.17) is 0 Å². The minimum Gasteiger partial charge on any atom is -0.338 e. The Hall–Kier alpha value is -2.95. The van der Waals surface area contributed by atoms with Gasteiger partial charge in [-0.1, -0.05) is 30.3 Å². The predicted molar refractivity (Wildman–Crippen MR) is 98.2 cm³/mol. The minimum absolute atomic E-state index is 0.305. The molecule has 3 aromatic rings. The number of fused-ring (bicyclic) bond motifs is 1. The van der Waals surface area contributed by atoms with Crippen LogP contribution >= 0.6 is 0 Å². The van der Waals surface area contributed by atoms with E-state index >= 15 is 0 Å². The third kappa shape index (κ3) is 2.93. The summed E-state index contributed by atoms with van der Waals surface area (Å²) in [6, 6.07) is 17.1. The van der Waals surface area contributed by atoms with Gasteiger partial charge in [0.25, 0.3) is 0 Å². The molecule has 1 aromatic heterocycles. The molecular formula is C20H19FN4. The SMILES string of the molecule is Cc1nc(Nc2ccccc2F)cc(N2c3ccccc3CC2C)n1. The largest absolute Gasteiger partial charge is 0.338 e. The summed E-state index contributed by atoms with van der Waals surface area (Å²) in [5.41, 5.74) is 2.89. The van der Waals surface area contributed by atoms with Crippen molar-refractivity contribution in [2.75, 3.05) is 10.2 Å². The molecule has 126 valence electrons. The molecule has 0 fully saturated rings. The fourth-order valence-corrected chi connectivity index (χ4v) is 3.35. The maximum absolute atomic E-state index is 13.9. The molecule has 0 spiro atoms. The lowest BCUT2D eigenvalue weighted by Crippen LogP contribution is -2.25. The van der Waals surface area contributed by atoms with Gasteiger partial charge in [-0.25, -0.2) is 14.4 Å². The van der Waals surface area contributed by atoms with Crippen molar-refractivity contribution in [3.8, 4) is 0 Å². The number of para-hydroxylation sites is 2. The molecule has 1 aliphatic rings. The van der Waals surface area contributed by atoms with Gasteiger partial charge in [0.05, 0.1) is 5.69 Å². The van der Waals surface area contributed by atoms with Gasteiger partial charge in [-0.3, -0.25) is 0 Å². The Morgan fingerprint density at radius 1 is 1.08 bits per heavy atom. The summed E-state index contributed by atoms with van der Waals surface area (Å²) in [6.45, 7) is 4.03. The van der Waals surface area contributed by atoms with Crippen molar-refractivity contribution in [3.63, 3.8) is 0 Å². The first kappa shape index (κ1) is 15.6. The van der Waals surface area contributed by atoms with Crippen LogP contribution in [0.2, 0.25) is 0 Å². The first-order valence-electron chi connectivity index (χ1n) is 8.36. The maximum atomic E-state index is 13.9. The van der Waals surface area contributed by atoms with Gasteiger partial charge in [0.15, 0.2) is 0 Å². The molecule has 4 rings (SSSR count). The van der Waals surface area contributed by atoms with Gasteiger partial charge in [-0.05, 0) is 44.0 Å². The van der Waals surface area contributed by atoms with Crippen LogP contribution in [0.1, 0.15) is 18.3 Å². The zero-order valence-corrected chi connectivity index (χ0v) is 14.2. The number of nitrogens with zero attached hydrogens (tertiary/aromatic N) is 3. The number of aromatic nitrogens is 2. The van der Waals surface area contributed by atoms with Crippen LogP contribution in [0.25, 0.3) is 0 Å². The number of anilines is 4. The molecule has 2 aromatic carbocycles. The zero-order chi connectivity index (χ0) is 17.4. The average molecular weight is 334 g/mol. The number of aryl methyl sites for hydroxylation is 1. The van der Waals surface area contributed by atoms with Gasteiger partial charge in [-0.2, -0.15) is 0 Å². The van der Waals surface area contributed by atoms with E-state index in [2.05, 4.69) is 45.3 Å². The summed E-state index contributed by atoms with van der Waals surface area (Å²) in [4.78, 5) is 11.2. The number of hydrogen-bond donors (Lipinski definition) is 1.